The number of hydrogen-bond acceptors (Lipinski definition) is 5. The van der Waals surface area contributed by atoms with Crippen molar-refractivity contribution in [3.8, 4) is 0 Å². The van der Waals surface area contributed by atoms with Crippen LogP contribution in [0.5, 0.6) is 0 Å². The minimum Gasteiger partial charge on any atom is -0.320 e. The van der Waals surface area contributed by atoms with Gasteiger partial charge in [0, 0.05) is 0 Å². The van der Waals surface area contributed by atoms with Crippen LogP contribution in [0.15, 0.2) is 0 Å². The average molecular weight is 394 g/mol. The van der Waals surface area contributed by atoms with Gasteiger partial charge in [-0.15, -0.1) is 0 Å². The Hall–Kier alpha value is 0.890. The molecule has 0 spiro atoms. The summed E-state index contributed by atoms with van der Waals surface area (Å²) >= 11 is 0.927. The van der Waals surface area contributed by atoms with E-state index >= 15 is 0 Å². The smallest absolute Gasteiger partial charge is 0.320 e. The van der Waals surface area contributed by atoms with Crippen molar-refractivity contribution < 1.29 is 34.7 Å². The molecule has 6 nitrogen and oxygen atoms in total. The predicted molar refractivity (Wildman–Crippen MR) is 60.7 cm³/mol. The second-order valence-corrected chi connectivity index (χ2v) is 7.78. The molecule has 0 aliphatic carbocycles. The molecular formula is C5H11F2IO6P2. The first-order chi connectivity index (χ1) is 7.18. The Kier molecular flexibility index (Phi) is 6.52. The molecule has 0 aromatic heterocycles. The molecule has 98 valence electrons. The van der Waals surface area contributed by atoms with Crippen molar-refractivity contribution in [2.75, 3.05) is 13.2 Å². The Morgan fingerprint density at radius 1 is 1.25 bits per heavy atom. The van der Waals surface area contributed by atoms with Crippen LogP contribution in [-0.4, -0.2) is 23.5 Å². The van der Waals surface area contributed by atoms with Gasteiger partial charge in [0.25, 0.3) is 0 Å². The van der Waals surface area contributed by atoms with E-state index in [9.17, 15) is 17.9 Å². The van der Waals surface area contributed by atoms with E-state index in [0.29, 0.717) is 0 Å². The molecule has 0 saturated heterocycles. The average Bonchev–Trinajstić information content (AvgIpc) is 2.17. The number of hydrogen-bond donors (Lipinski definition) is 1. The minimum absolute atomic E-state index is 0.359. The topological polar surface area (TPSA) is 82.1 Å². The van der Waals surface area contributed by atoms with E-state index in [0.717, 1.165) is 23.0 Å². The maximum Gasteiger partial charge on any atom is 0.444 e. The molecule has 0 bridgehead atoms. The molecule has 0 amide bonds. The summed E-state index contributed by atoms with van der Waals surface area (Å²) in [5, 5.41) is -4.60. The zero-order valence-corrected chi connectivity index (χ0v) is 12.4. The molecule has 1 N–H and O–H groups in total. The monoisotopic (exact) mass is 394 g/mol. The zero-order chi connectivity index (χ0) is 13.0. The molecule has 11 heteroatoms. The van der Waals surface area contributed by atoms with Crippen LogP contribution in [0.2, 0.25) is 0 Å². The Balaban J connectivity index is 5.30. The summed E-state index contributed by atoms with van der Waals surface area (Å²) in [6, 6.07) is 0. The molecule has 0 fully saturated rings. The summed E-state index contributed by atoms with van der Waals surface area (Å²) in [5.41, 5.74) is 0. The van der Waals surface area contributed by atoms with Crippen LogP contribution < -0.4 is 0 Å². The van der Waals surface area contributed by atoms with E-state index in [1.54, 1.807) is 0 Å². The Labute approximate surface area is 105 Å². The van der Waals surface area contributed by atoms with Crippen molar-refractivity contribution in [2.24, 2.45) is 0 Å². The van der Waals surface area contributed by atoms with Gasteiger partial charge >= 0.3 is 20.6 Å². The zero-order valence-electron chi connectivity index (χ0n) is 8.43. The third kappa shape index (κ3) is 3.22. The SMILES string of the molecule is CCOP(=O)(O)C(F)(F)P(=O)(OI)OCC. The van der Waals surface area contributed by atoms with E-state index < -0.39 is 27.2 Å². The second kappa shape index (κ2) is 6.17. The standard InChI is InChI=1S/C5H11F2IO6P2/c1-3-12-15(9,10)5(6,7)16(11,14-8)13-4-2/h3-4H2,1-2H3,(H,9,10). The molecule has 16 heavy (non-hydrogen) atoms. The normalized spacial score (nSPS) is 20.1. The van der Waals surface area contributed by atoms with Gasteiger partial charge < -0.3 is 13.9 Å². The van der Waals surface area contributed by atoms with Gasteiger partial charge in [0.2, 0.25) is 0 Å². The van der Waals surface area contributed by atoms with E-state index in [2.05, 4.69) is 11.9 Å². The van der Waals surface area contributed by atoms with Gasteiger partial charge in [-0.1, -0.05) is 0 Å². The Morgan fingerprint density at radius 3 is 2.00 bits per heavy atom. The molecule has 0 aromatic rings. The summed E-state index contributed by atoms with van der Waals surface area (Å²) in [6.07, 6.45) is 0. The van der Waals surface area contributed by atoms with Gasteiger partial charge in [-0.05, 0) is 13.8 Å². The van der Waals surface area contributed by atoms with Gasteiger partial charge in [0.1, 0.15) is 23.0 Å². The highest BCUT2D eigenvalue weighted by atomic mass is 127. The summed E-state index contributed by atoms with van der Waals surface area (Å²) < 4.78 is 61.9. The lowest BCUT2D eigenvalue weighted by molar-refractivity contribution is 0.0903. The van der Waals surface area contributed by atoms with Gasteiger partial charge in [-0.3, -0.25) is 9.13 Å². The fourth-order valence-corrected chi connectivity index (χ4v) is 5.10. The van der Waals surface area contributed by atoms with Gasteiger partial charge in [0.05, 0.1) is 13.2 Å². The molecule has 2 atom stereocenters. The Bertz CT molecular complexity index is 324. The predicted octanol–water partition coefficient (Wildman–Crippen LogP) is 3.35. The van der Waals surface area contributed by atoms with Crippen molar-refractivity contribution in [3.05, 3.63) is 0 Å². The lowest BCUT2D eigenvalue weighted by atomic mass is 10.9. The highest BCUT2D eigenvalue weighted by Gasteiger charge is 2.67. The molecule has 0 radical (unpaired) electrons. The van der Waals surface area contributed by atoms with Crippen molar-refractivity contribution >= 4 is 38.2 Å². The summed E-state index contributed by atoms with van der Waals surface area (Å²) in [6.45, 7) is 1.75. The van der Waals surface area contributed by atoms with Crippen molar-refractivity contribution in [2.45, 2.75) is 19.3 Å². The molecule has 0 aromatic carbocycles. The van der Waals surface area contributed by atoms with Gasteiger partial charge in [-0.2, -0.15) is 8.78 Å². The van der Waals surface area contributed by atoms with E-state index in [1.807, 2.05) is 0 Å². The second-order valence-electron chi connectivity index (χ2n) is 2.43. The third-order valence-corrected chi connectivity index (χ3v) is 7.14. The van der Waals surface area contributed by atoms with Crippen LogP contribution in [-0.2, 0) is 21.0 Å². The van der Waals surface area contributed by atoms with Crippen LogP contribution in [0.4, 0.5) is 8.78 Å². The van der Waals surface area contributed by atoms with E-state index in [4.69, 9.17) is 4.89 Å². The molecule has 0 aliphatic heterocycles. The highest BCUT2D eigenvalue weighted by Crippen LogP contribution is 2.78. The van der Waals surface area contributed by atoms with Crippen LogP contribution in [0.3, 0.4) is 0 Å². The van der Waals surface area contributed by atoms with Crippen LogP contribution in [0, 0.1) is 0 Å². The maximum absolute atomic E-state index is 13.5. The fourth-order valence-electron chi connectivity index (χ4n) is 0.716. The molecule has 0 saturated carbocycles. The van der Waals surface area contributed by atoms with Crippen molar-refractivity contribution in [1.29, 1.82) is 0 Å². The molecular weight excluding hydrogens is 383 g/mol. The lowest BCUT2D eigenvalue weighted by Gasteiger charge is -2.26. The van der Waals surface area contributed by atoms with Crippen molar-refractivity contribution in [3.63, 3.8) is 0 Å². The van der Waals surface area contributed by atoms with Gasteiger partial charge in [-0.25, -0.2) is 2.85 Å². The first-order valence-electron chi connectivity index (χ1n) is 4.08. The molecule has 2 unspecified atom stereocenters. The lowest BCUT2D eigenvalue weighted by Crippen LogP contribution is -2.20. The first kappa shape index (κ1) is 16.9. The van der Waals surface area contributed by atoms with Gasteiger partial charge in [0.15, 0.2) is 0 Å². The van der Waals surface area contributed by atoms with Crippen LogP contribution >= 0.6 is 38.2 Å². The molecule has 0 aliphatic rings. The first-order valence-corrected chi connectivity index (χ1v) is 8.08. The quantitative estimate of drug-likeness (QED) is 0.527. The number of alkyl halides is 2. The van der Waals surface area contributed by atoms with Crippen LogP contribution in [0.1, 0.15) is 13.8 Å². The van der Waals surface area contributed by atoms with E-state index in [1.165, 1.54) is 13.8 Å². The molecule has 0 heterocycles. The summed E-state index contributed by atoms with van der Waals surface area (Å²) in [5.74, 6) is 0. The minimum atomic E-state index is -5.41. The van der Waals surface area contributed by atoms with E-state index in [-0.39, 0.29) is 6.61 Å². The number of rotatable bonds is 7. The number of halogens is 3. The summed E-state index contributed by atoms with van der Waals surface area (Å²) in [7, 11) is -10.5. The fraction of sp³-hybridized carbons (Fsp3) is 1.00. The molecule has 0 rings (SSSR count). The van der Waals surface area contributed by atoms with Crippen molar-refractivity contribution in [1.82, 2.24) is 0 Å². The van der Waals surface area contributed by atoms with Crippen LogP contribution in [0.25, 0.3) is 0 Å². The Morgan fingerprint density at radius 2 is 1.69 bits per heavy atom. The maximum atomic E-state index is 13.5. The highest BCUT2D eigenvalue weighted by molar-refractivity contribution is 14.1. The summed E-state index contributed by atoms with van der Waals surface area (Å²) in [4.78, 5) is 8.98. The largest absolute Gasteiger partial charge is 0.444 e. The third-order valence-electron chi connectivity index (χ3n) is 1.36.